The molecule has 13 nitrogen and oxygen atoms in total. The van der Waals surface area contributed by atoms with E-state index in [1.807, 2.05) is 6.92 Å². The number of hydrogen-bond donors (Lipinski definition) is 8. The SMILES string of the molecule is CCCCCC[C@H](O)/C=C/[C@H](CCCCCC[C@H](CCO)C(=O)O)[C@@](CCO)(C(=O)O)[C@@](CCO)(C(=O)O)S(=O)(=O)O. The molecule has 0 saturated heterocycles. The third kappa shape index (κ3) is 10.9. The van der Waals surface area contributed by atoms with Crippen LogP contribution in [0.5, 0.6) is 0 Å². The van der Waals surface area contributed by atoms with Crippen molar-refractivity contribution in [3.63, 3.8) is 0 Å². The fraction of sp³-hybridized carbons (Fsp3) is 0.821. The van der Waals surface area contributed by atoms with Gasteiger partial charge in [-0.1, -0.05) is 70.4 Å². The lowest BCUT2D eigenvalue weighted by atomic mass is 9.61. The number of carbonyl (C=O) groups is 3. The fourth-order valence-corrected chi connectivity index (χ4v) is 7.12. The van der Waals surface area contributed by atoms with Crippen LogP contribution in [0.1, 0.15) is 96.8 Å². The smallest absolute Gasteiger partial charge is 0.328 e. The summed E-state index contributed by atoms with van der Waals surface area (Å²) >= 11 is 0. The normalized spacial score (nSPS) is 17.3. The highest BCUT2D eigenvalue weighted by molar-refractivity contribution is 7.88. The van der Waals surface area contributed by atoms with Crippen molar-refractivity contribution in [1.82, 2.24) is 0 Å². The summed E-state index contributed by atoms with van der Waals surface area (Å²) in [6.45, 7) is -0.302. The maximum absolute atomic E-state index is 12.9. The molecule has 0 rings (SSSR count). The number of aliphatic hydroxyl groups excluding tert-OH is 4. The highest BCUT2D eigenvalue weighted by Gasteiger charge is 2.70. The second kappa shape index (κ2) is 20.0. The van der Waals surface area contributed by atoms with E-state index in [1.165, 1.54) is 12.2 Å². The summed E-state index contributed by atoms with van der Waals surface area (Å²) in [6, 6.07) is 0. The number of carboxylic acid groups (broad SMARTS) is 3. The average molecular weight is 627 g/mol. The van der Waals surface area contributed by atoms with Crippen molar-refractivity contribution in [3.8, 4) is 0 Å². The lowest BCUT2D eigenvalue weighted by molar-refractivity contribution is -0.166. The first-order valence-corrected chi connectivity index (χ1v) is 16.0. The number of aliphatic carboxylic acids is 3. The quantitative estimate of drug-likeness (QED) is 0.0391. The van der Waals surface area contributed by atoms with Gasteiger partial charge in [0.2, 0.25) is 4.75 Å². The van der Waals surface area contributed by atoms with Gasteiger partial charge in [-0.25, -0.2) is 0 Å². The van der Waals surface area contributed by atoms with Crippen molar-refractivity contribution in [2.45, 2.75) is 108 Å². The van der Waals surface area contributed by atoms with Gasteiger partial charge in [0.05, 0.1) is 12.0 Å². The molecule has 0 amide bonds. The molecule has 0 unspecified atom stereocenters. The van der Waals surface area contributed by atoms with Crippen LogP contribution in [0.15, 0.2) is 12.2 Å². The van der Waals surface area contributed by atoms with Gasteiger partial charge in [0, 0.05) is 26.2 Å². The Hall–Kier alpha value is -2.10. The van der Waals surface area contributed by atoms with Crippen LogP contribution in [0.3, 0.4) is 0 Å². The van der Waals surface area contributed by atoms with Crippen molar-refractivity contribution >= 4 is 28.0 Å². The molecule has 246 valence electrons. The molecule has 0 aromatic heterocycles. The van der Waals surface area contributed by atoms with E-state index in [1.54, 1.807) is 0 Å². The Morgan fingerprint density at radius 3 is 1.71 bits per heavy atom. The van der Waals surface area contributed by atoms with Crippen molar-refractivity contribution in [1.29, 1.82) is 0 Å². The Kier molecular flexibility index (Phi) is 19.0. The minimum Gasteiger partial charge on any atom is -0.481 e. The van der Waals surface area contributed by atoms with Gasteiger partial charge < -0.3 is 35.7 Å². The van der Waals surface area contributed by atoms with Gasteiger partial charge in [0.15, 0.2) is 0 Å². The minimum atomic E-state index is -5.70. The van der Waals surface area contributed by atoms with Crippen LogP contribution in [0, 0.1) is 17.3 Å². The summed E-state index contributed by atoms with van der Waals surface area (Å²) in [4.78, 5) is 36.8. The van der Waals surface area contributed by atoms with E-state index in [2.05, 4.69) is 0 Å². The molecule has 0 fully saturated rings. The second-order valence-electron chi connectivity index (χ2n) is 10.8. The number of hydrogen-bond acceptors (Lipinski definition) is 9. The molecule has 8 N–H and O–H groups in total. The molecule has 0 radical (unpaired) electrons. The third-order valence-corrected chi connectivity index (χ3v) is 9.68. The maximum Gasteiger partial charge on any atom is 0.328 e. The van der Waals surface area contributed by atoms with Crippen molar-refractivity contribution < 1.29 is 63.1 Å². The summed E-state index contributed by atoms with van der Waals surface area (Å²) < 4.78 is 32.2. The maximum atomic E-state index is 12.9. The number of unbranched alkanes of at least 4 members (excludes halogenated alkanes) is 6. The van der Waals surface area contributed by atoms with E-state index in [9.17, 15) is 58.0 Å². The summed E-state index contributed by atoms with van der Waals surface area (Å²) in [5, 5.41) is 68.9. The summed E-state index contributed by atoms with van der Waals surface area (Å²) in [5.74, 6) is -7.28. The Labute approximate surface area is 248 Å². The van der Waals surface area contributed by atoms with Gasteiger partial charge in [-0.05, 0) is 38.0 Å². The Bertz CT molecular complexity index is 951. The van der Waals surface area contributed by atoms with E-state index in [-0.39, 0.29) is 25.9 Å². The molecular weight excluding hydrogens is 576 g/mol. The molecule has 0 aliphatic carbocycles. The molecule has 42 heavy (non-hydrogen) atoms. The lowest BCUT2D eigenvalue weighted by Gasteiger charge is -2.46. The molecule has 0 aromatic carbocycles. The number of rotatable bonds is 26. The lowest BCUT2D eigenvalue weighted by Crippen LogP contribution is -2.66. The van der Waals surface area contributed by atoms with E-state index >= 15 is 0 Å². The van der Waals surface area contributed by atoms with Gasteiger partial charge in [0.1, 0.15) is 5.41 Å². The molecule has 0 aromatic rings. The molecule has 0 bridgehead atoms. The first-order valence-electron chi connectivity index (χ1n) is 14.6. The van der Waals surface area contributed by atoms with Gasteiger partial charge in [-0.15, -0.1) is 0 Å². The van der Waals surface area contributed by atoms with Crippen molar-refractivity contribution in [3.05, 3.63) is 12.2 Å². The minimum absolute atomic E-state index is 0.100. The number of allylic oxidation sites excluding steroid dienone is 1. The van der Waals surface area contributed by atoms with Gasteiger partial charge in [0.25, 0.3) is 10.1 Å². The highest BCUT2D eigenvalue weighted by Crippen LogP contribution is 2.51. The highest BCUT2D eigenvalue weighted by atomic mass is 32.2. The molecule has 5 atom stereocenters. The van der Waals surface area contributed by atoms with Crippen LogP contribution in [0.2, 0.25) is 0 Å². The van der Waals surface area contributed by atoms with Gasteiger partial charge in [-0.3, -0.25) is 18.9 Å². The van der Waals surface area contributed by atoms with Crippen molar-refractivity contribution in [2.75, 3.05) is 19.8 Å². The zero-order chi connectivity index (χ0) is 32.4. The zero-order valence-corrected chi connectivity index (χ0v) is 25.3. The Morgan fingerprint density at radius 2 is 1.26 bits per heavy atom. The monoisotopic (exact) mass is 626 g/mol. The average Bonchev–Trinajstić information content (AvgIpc) is 2.90. The van der Waals surface area contributed by atoms with Crippen molar-refractivity contribution in [2.24, 2.45) is 17.3 Å². The first-order chi connectivity index (χ1) is 19.7. The molecule has 0 spiro atoms. The van der Waals surface area contributed by atoms with Gasteiger partial charge >= 0.3 is 17.9 Å². The summed E-state index contributed by atoms with van der Waals surface area (Å²) in [5.41, 5.74) is -2.84. The predicted molar refractivity (Wildman–Crippen MR) is 153 cm³/mol. The summed E-state index contributed by atoms with van der Waals surface area (Å²) in [6.07, 6.45) is 5.06. The molecular formula is C28H50O13S. The summed E-state index contributed by atoms with van der Waals surface area (Å²) in [7, 11) is -5.70. The van der Waals surface area contributed by atoms with Gasteiger partial charge in [-0.2, -0.15) is 8.42 Å². The zero-order valence-electron chi connectivity index (χ0n) is 24.4. The topological polar surface area (TPSA) is 247 Å². The van der Waals surface area contributed by atoms with Crippen LogP contribution in [0.4, 0.5) is 0 Å². The first kappa shape index (κ1) is 39.9. The second-order valence-corrected chi connectivity index (χ2v) is 12.4. The molecule has 0 heterocycles. The molecule has 0 saturated carbocycles. The van der Waals surface area contributed by atoms with Crippen LogP contribution in [-0.4, -0.2) is 97.3 Å². The van der Waals surface area contributed by atoms with E-state index in [0.717, 1.165) is 19.3 Å². The van der Waals surface area contributed by atoms with E-state index in [0.29, 0.717) is 38.5 Å². The Morgan fingerprint density at radius 1 is 0.714 bits per heavy atom. The molecule has 14 heteroatoms. The van der Waals surface area contributed by atoms with E-state index in [4.69, 9.17) is 5.11 Å². The van der Waals surface area contributed by atoms with E-state index < -0.39 is 82.2 Å². The Balaban J connectivity index is 6.47. The van der Waals surface area contributed by atoms with Crippen LogP contribution < -0.4 is 0 Å². The third-order valence-electron chi connectivity index (χ3n) is 8.05. The predicted octanol–water partition coefficient (Wildman–Crippen LogP) is 2.46. The van der Waals surface area contributed by atoms with Crippen LogP contribution in [0.25, 0.3) is 0 Å². The van der Waals surface area contributed by atoms with Crippen LogP contribution in [-0.2, 0) is 24.5 Å². The number of carboxylic acids is 3. The number of aliphatic hydroxyl groups is 4. The standard InChI is InChI=1S/C28H50O13S/c1-2-3-4-9-12-23(32)14-13-22(11-8-6-5-7-10-21(15-18-29)24(33)34)27(16-19-30,25(35)36)28(17-20-31,26(37)38)42(39,40)41/h13-14,21-23,29-32H,2-12,15-20H2,1H3,(H,33,34)(H,35,36)(H,37,38)(H,39,40,41)/b14-13+/t21-,22+,23+,27+,28-/m1/s1. The van der Waals surface area contributed by atoms with Crippen LogP contribution >= 0.6 is 0 Å². The largest absolute Gasteiger partial charge is 0.481 e. The molecule has 0 aliphatic heterocycles. The molecule has 0 aliphatic rings. The fourth-order valence-electron chi connectivity index (χ4n) is 5.75.